The minimum atomic E-state index is -1.23. The predicted molar refractivity (Wildman–Crippen MR) is 74.4 cm³/mol. The molecule has 120 valence electrons. The highest BCUT2D eigenvalue weighted by atomic mass is 16.5. The fourth-order valence-electron chi connectivity index (χ4n) is 2.46. The Morgan fingerprint density at radius 3 is 2.73 bits per heavy atom. The van der Waals surface area contributed by atoms with Gasteiger partial charge in [-0.05, 0) is 6.08 Å². The molecule has 4 N–H and O–H groups in total. The number of nitrogens with zero attached hydrogens (tertiary/aromatic N) is 1. The highest BCUT2D eigenvalue weighted by Crippen LogP contribution is 2.29. The molecule has 0 saturated carbocycles. The van der Waals surface area contributed by atoms with E-state index in [1.165, 1.54) is 10.8 Å². The number of rotatable bonds is 5. The average molecular weight is 312 g/mol. The normalized spacial score (nSPS) is 24.9. The van der Waals surface area contributed by atoms with Gasteiger partial charge in [-0.1, -0.05) is 0 Å². The third kappa shape index (κ3) is 3.16. The van der Waals surface area contributed by atoms with Crippen LogP contribution in [0.3, 0.4) is 0 Å². The maximum atomic E-state index is 11.9. The second kappa shape index (κ2) is 6.69. The van der Waals surface area contributed by atoms with E-state index in [0.29, 0.717) is 0 Å². The first-order valence-corrected chi connectivity index (χ1v) is 6.57. The molecule has 0 radical (unpaired) electrons. The zero-order chi connectivity index (χ0) is 16.3. The molecule has 0 bridgehead atoms. The van der Waals surface area contributed by atoms with Gasteiger partial charge >= 0.3 is 11.7 Å². The molecule has 1 saturated heterocycles. The van der Waals surface area contributed by atoms with Gasteiger partial charge in [0, 0.05) is 18.2 Å². The van der Waals surface area contributed by atoms with Crippen LogP contribution in [0.15, 0.2) is 21.9 Å². The molecule has 0 aliphatic carbocycles. The minimum Gasteiger partial charge on any atom is -0.478 e. The lowest BCUT2D eigenvalue weighted by atomic mass is 9.98. The number of aliphatic hydroxyl groups excluding tert-OH is 2. The van der Waals surface area contributed by atoms with Crippen LogP contribution in [-0.2, 0) is 9.53 Å². The van der Waals surface area contributed by atoms with E-state index in [1.54, 1.807) is 0 Å². The number of aliphatic carboxylic acids is 1. The Balaban J connectivity index is 2.43. The number of hydrogen-bond donors (Lipinski definition) is 4. The summed E-state index contributed by atoms with van der Waals surface area (Å²) in [5, 5.41) is 27.2. The zero-order valence-electron chi connectivity index (χ0n) is 11.5. The summed E-state index contributed by atoms with van der Waals surface area (Å²) in [6, 6.07) is -0.566. The van der Waals surface area contributed by atoms with Crippen LogP contribution in [0.4, 0.5) is 0 Å². The molecule has 0 spiro atoms. The molecule has 2 heterocycles. The summed E-state index contributed by atoms with van der Waals surface area (Å²) in [6.07, 6.45) is 2.47. The van der Waals surface area contributed by atoms with Crippen LogP contribution in [0.1, 0.15) is 11.6 Å². The predicted octanol–water partition coefficient (Wildman–Crippen LogP) is -1.82. The maximum Gasteiger partial charge on any atom is 0.328 e. The lowest BCUT2D eigenvalue weighted by molar-refractivity contribution is -0.131. The van der Waals surface area contributed by atoms with Crippen LogP contribution >= 0.6 is 0 Å². The SMILES string of the molecule is O=C(O)/C=C/c1cn([C@H]2CO[C@H](CO)[C@H]2CO)c(=O)[nH]c1=O. The molecular weight excluding hydrogens is 296 g/mol. The number of aromatic nitrogens is 2. The Hall–Kier alpha value is -2.23. The number of aromatic amines is 1. The van der Waals surface area contributed by atoms with E-state index in [4.69, 9.17) is 9.84 Å². The van der Waals surface area contributed by atoms with Gasteiger partial charge in [-0.15, -0.1) is 0 Å². The van der Waals surface area contributed by atoms with Crippen molar-refractivity contribution in [2.24, 2.45) is 5.92 Å². The van der Waals surface area contributed by atoms with Crippen molar-refractivity contribution >= 4 is 12.0 Å². The number of nitrogens with one attached hydrogen (secondary N) is 1. The van der Waals surface area contributed by atoms with Crippen molar-refractivity contribution in [2.45, 2.75) is 12.1 Å². The Morgan fingerprint density at radius 1 is 1.41 bits per heavy atom. The fraction of sp³-hybridized carbons (Fsp3) is 0.462. The summed E-state index contributed by atoms with van der Waals surface area (Å²) in [6.45, 7) is -0.516. The minimum absolute atomic E-state index is 0.00821. The van der Waals surface area contributed by atoms with E-state index in [0.717, 1.165) is 12.2 Å². The van der Waals surface area contributed by atoms with Crippen LogP contribution in [0, 0.1) is 5.92 Å². The monoisotopic (exact) mass is 312 g/mol. The molecule has 22 heavy (non-hydrogen) atoms. The first-order chi connectivity index (χ1) is 10.5. The molecular formula is C13H16N2O7. The summed E-state index contributed by atoms with van der Waals surface area (Å²) >= 11 is 0. The Labute approximate surface area is 124 Å². The third-order valence-electron chi connectivity index (χ3n) is 3.60. The van der Waals surface area contributed by atoms with Crippen molar-refractivity contribution in [3.8, 4) is 0 Å². The van der Waals surface area contributed by atoms with Gasteiger partial charge in [-0.3, -0.25) is 14.3 Å². The van der Waals surface area contributed by atoms with Crippen molar-refractivity contribution in [3.63, 3.8) is 0 Å². The van der Waals surface area contributed by atoms with E-state index in [9.17, 15) is 24.6 Å². The van der Waals surface area contributed by atoms with Gasteiger partial charge in [0.15, 0.2) is 0 Å². The van der Waals surface area contributed by atoms with Crippen LogP contribution < -0.4 is 11.2 Å². The van der Waals surface area contributed by atoms with Crippen molar-refractivity contribution in [1.29, 1.82) is 0 Å². The molecule has 1 aliphatic rings. The quantitative estimate of drug-likeness (QED) is 0.469. The molecule has 0 aromatic carbocycles. The molecule has 1 aromatic heterocycles. The highest BCUT2D eigenvalue weighted by Gasteiger charge is 2.38. The molecule has 2 rings (SSSR count). The molecule has 1 aliphatic heterocycles. The third-order valence-corrected chi connectivity index (χ3v) is 3.60. The number of ether oxygens (including phenoxy) is 1. The second-order valence-corrected chi connectivity index (χ2v) is 4.89. The van der Waals surface area contributed by atoms with Crippen LogP contribution in [-0.4, -0.2) is 56.8 Å². The number of carboxylic acids is 1. The molecule has 1 fully saturated rings. The highest BCUT2D eigenvalue weighted by molar-refractivity contribution is 5.85. The summed E-state index contributed by atoms with van der Waals surface area (Å²) in [5.41, 5.74) is -1.41. The van der Waals surface area contributed by atoms with Crippen LogP contribution in [0.5, 0.6) is 0 Å². The van der Waals surface area contributed by atoms with Gasteiger partial charge in [0.1, 0.15) is 0 Å². The van der Waals surface area contributed by atoms with Gasteiger partial charge in [0.05, 0.1) is 37.5 Å². The number of carbonyl (C=O) groups is 1. The largest absolute Gasteiger partial charge is 0.478 e. The summed E-state index contributed by atoms with van der Waals surface area (Å²) in [4.78, 5) is 36.2. The van der Waals surface area contributed by atoms with E-state index in [-0.39, 0.29) is 25.4 Å². The molecule has 3 atom stereocenters. The first kappa shape index (κ1) is 16.1. The van der Waals surface area contributed by atoms with Gasteiger partial charge in [-0.25, -0.2) is 9.59 Å². The lowest BCUT2D eigenvalue weighted by Crippen LogP contribution is -2.37. The molecule has 9 nitrogen and oxygen atoms in total. The fourth-order valence-corrected chi connectivity index (χ4v) is 2.46. The van der Waals surface area contributed by atoms with Crippen molar-refractivity contribution in [3.05, 3.63) is 38.7 Å². The Morgan fingerprint density at radius 2 is 2.14 bits per heavy atom. The summed E-state index contributed by atoms with van der Waals surface area (Å²) < 4.78 is 6.50. The molecule has 0 amide bonds. The van der Waals surface area contributed by atoms with Crippen molar-refractivity contribution in [2.75, 3.05) is 19.8 Å². The Kier molecular flexibility index (Phi) is 4.91. The van der Waals surface area contributed by atoms with Gasteiger partial charge in [0.25, 0.3) is 5.56 Å². The van der Waals surface area contributed by atoms with E-state index < -0.39 is 35.3 Å². The smallest absolute Gasteiger partial charge is 0.328 e. The summed E-state index contributed by atoms with van der Waals surface area (Å²) in [5.74, 6) is -1.74. The average Bonchev–Trinajstić information content (AvgIpc) is 2.88. The van der Waals surface area contributed by atoms with Gasteiger partial charge in [-0.2, -0.15) is 0 Å². The number of aliphatic hydroxyl groups is 2. The van der Waals surface area contributed by atoms with Gasteiger partial charge in [0.2, 0.25) is 0 Å². The van der Waals surface area contributed by atoms with Crippen molar-refractivity contribution in [1.82, 2.24) is 9.55 Å². The molecule has 0 unspecified atom stereocenters. The van der Waals surface area contributed by atoms with E-state index in [1.807, 2.05) is 0 Å². The van der Waals surface area contributed by atoms with Crippen LogP contribution in [0.2, 0.25) is 0 Å². The van der Waals surface area contributed by atoms with Gasteiger partial charge < -0.3 is 20.1 Å². The number of hydrogen-bond acceptors (Lipinski definition) is 6. The van der Waals surface area contributed by atoms with E-state index >= 15 is 0 Å². The van der Waals surface area contributed by atoms with E-state index in [2.05, 4.69) is 4.98 Å². The molecule has 9 heteroatoms. The summed E-state index contributed by atoms with van der Waals surface area (Å²) in [7, 11) is 0. The first-order valence-electron chi connectivity index (χ1n) is 6.57. The number of carboxylic acid groups (broad SMARTS) is 1. The van der Waals surface area contributed by atoms with Crippen molar-refractivity contribution < 1.29 is 24.9 Å². The second-order valence-electron chi connectivity index (χ2n) is 4.89. The van der Waals surface area contributed by atoms with Crippen LogP contribution in [0.25, 0.3) is 6.08 Å². The topological polar surface area (TPSA) is 142 Å². The Bertz CT molecular complexity index is 690. The standard InChI is InChI=1S/C13H16N2O7/c16-4-8-9(6-22-10(8)5-17)15-3-7(1-2-11(18)19)12(20)14-13(15)21/h1-3,8-10,16-17H,4-6H2,(H,18,19)(H,14,20,21)/b2-1+/t8-,9-,10+/m0/s1. The number of H-pyrrole nitrogens is 1. The zero-order valence-corrected chi connectivity index (χ0v) is 11.5. The molecule has 1 aromatic rings. The lowest BCUT2D eigenvalue weighted by Gasteiger charge is -2.21. The maximum absolute atomic E-state index is 11.9.